The van der Waals surface area contributed by atoms with E-state index in [1.165, 1.54) is 0 Å². The molecular formula is C19H37NO6. The van der Waals surface area contributed by atoms with Crippen LogP contribution in [0.5, 0.6) is 0 Å². The lowest BCUT2D eigenvalue weighted by atomic mass is 9.92. The Bertz CT molecular complexity index is 360. The second-order valence-electron chi connectivity index (χ2n) is 7.25. The van der Waals surface area contributed by atoms with E-state index in [4.69, 9.17) is 18.9 Å². The number of carbonyl (C=O) groups excluding carboxylic acids is 2. The molecule has 0 aliphatic carbocycles. The van der Waals surface area contributed by atoms with Crippen LogP contribution in [-0.2, 0) is 28.5 Å². The highest BCUT2D eigenvalue weighted by molar-refractivity contribution is 5.75. The molecule has 0 aromatic rings. The zero-order chi connectivity index (χ0) is 19.7. The average Bonchev–Trinajstić information content (AvgIpc) is 2.57. The number of nitrogens with one attached hydrogen (secondary N) is 1. The van der Waals surface area contributed by atoms with Crippen LogP contribution in [-0.4, -0.2) is 71.6 Å². The van der Waals surface area contributed by atoms with Crippen LogP contribution in [0.4, 0.5) is 0 Å². The molecule has 0 aliphatic heterocycles. The molecule has 0 aliphatic rings. The standard InChI is InChI=1S/C19H37NO6/c1-17(2)15-18(22)20-6-8-24-10-12-26-14-13-25-11-9-23-7-5-19(3,4)16-21/h16-17H,5-15H2,1-4H3,(H,20,22). The summed E-state index contributed by atoms with van der Waals surface area (Å²) in [6, 6.07) is 0. The quantitative estimate of drug-likeness (QED) is 0.291. The number of rotatable bonds is 18. The Kier molecular flexibility index (Phi) is 15.5. The van der Waals surface area contributed by atoms with E-state index in [-0.39, 0.29) is 11.3 Å². The predicted octanol–water partition coefficient (Wildman–Crippen LogP) is 1.83. The maximum atomic E-state index is 11.4. The summed E-state index contributed by atoms with van der Waals surface area (Å²) in [5.41, 5.74) is -0.323. The fraction of sp³-hybridized carbons (Fsp3) is 0.895. The van der Waals surface area contributed by atoms with Crippen LogP contribution in [0, 0.1) is 11.3 Å². The lowest BCUT2D eigenvalue weighted by Crippen LogP contribution is -2.28. The van der Waals surface area contributed by atoms with Gasteiger partial charge in [0.15, 0.2) is 0 Å². The Morgan fingerprint density at radius 3 is 1.81 bits per heavy atom. The Hall–Kier alpha value is -1.02. The summed E-state index contributed by atoms with van der Waals surface area (Å²) in [6.45, 7) is 12.4. The van der Waals surface area contributed by atoms with Crippen LogP contribution >= 0.6 is 0 Å². The Morgan fingerprint density at radius 2 is 1.35 bits per heavy atom. The third kappa shape index (κ3) is 17.8. The van der Waals surface area contributed by atoms with Crippen LogP contribution in [0.3, 0.4) is 0 Å². The number of aldehydes is 1. The van der Waals surface area contributed by atoms with Crippen molar-refractivity contribution in [3.05, 3.63) is 0 Å². The van der Waals surface area contributed by atoms with Crippen LogP contribution in [0.1, 0.15) is 40.5 Å². The van der Waals surface area contributed by atoms with Crippen molar-refractivity contribution in [3.8, 4) is 0 Å². The third-order valence-electron chi connectivity index (χ3n) is 3.49. The van der Waals surface area contributed by atoms with Gasteiger partial charge in [-0.15, -0.1) is 0 Å². The molecule has 7 heteroatoms. The maximum absolute atomic E-state index is 11.4. The van der Waals surface area contributed by atoms with Gasteiger partial charge in [-0.05, 0) is 12.3 Å². The van der Waals surface area contributed by atoms with Gasteiger partial charge >= 0.3 is 0 Å². The van der Waals surface area contributed by atoms with Gasteiger partial charge in [-0.2, -0.15) is 0 Å². The average molecular weight is 376 g/mol. The van der Waals surface area contributed by atoms with Crippen molar-refractivity contribution in [1.29, 1.82) is 0 Å². The van der Waals surface area contributed by atoms with Gasteiger partial charge in [0.2, 0.25) is 5.91 Å². The SMILES string of the molecule is CC(C)CC(=O)NCCOCCOCCOCCOCCC(C)(C)C=O. The van der Waals surface area contributed by atoms with Crippen LogP contribution in [0.15, 0.2) is 0 Å². The van der Waals surface area contributed by atoms with Gasteiger partial charge in [0.25, 0.3) is 0 Å². The van der Waals surface area contributed by atoms with Crippen molar-refractivity contribution in [1.82, 2.24) is 5.32 Å². The first-order valence-corrected chi connectivity index (χ1v) is 9.41. The molecule has 7 nitrogen and oxygen atoms in total. The van der Waals surface area contributed by atoms with Gasteiger partial charge in [0, 0.05) is 25.0 Å². The molecule has 0 atom stereocenters. The third-order valence-corrected chi connectivity index (χ3v) is 3.49. The van der Waals surface area contributed by atoms with Crippen LogP contribution in [0.25, 0.3) is 0 Å². The molecule has 154 valence electrons. The molecule has 0 saturated heterocycles. The van der Waals surface area contributed by atoms with Gasteiger partial charge in [-0.3, -0.25) is 4.79 Å². The Labute approximate surface area is 158 Å². The molecular weight excluding hydrogens is 338 g/mol. The number of hydrogen-bond donors (Lipinski definition) is 1. The second kappa shape index (κ2) is 16.2. The van der Waals surface area contributed by atoms with Crippen molar-refractivity contribution >= 4 is 12.2 Å². The molecule has 1 N–H and O–H groups in total. The lowest BCUT2D eigenvalue weighted by molar-refractivity contribution is -0.122. The van der Waals surface area contributed by atoms with E-state index in [9.17, 15) is 9.59 Å². The van der Waals surface area contributed by atoms with E-state index in [1.54, 1.807) is 0 Å². The van der Waals surface area contributed by atoms with Gasteiger partial charge in [-0.1, -0.05) is 27.7 Å². The number of carbonyl (C=O) groups is 2. The largest absolute Gasteiger partial charge is 0.379 e. The minimum atomic E-state index is -0.323. The summed E-state index contributed by atoms with van der Waals surface area (Å²) in [7, 11) is 0. The molecule has 0 rings (SSSR count). The molecule has 0 radical (unpaired) electrons. The number of hydrogen-bond acceptors (Lipinski definition) is 6. The molecule has 0 aromatic heterocycles. The van der Waals surface area contributed by atoms with Gasteiger partial charge < -0.3 is 29.1 Å². The fourth-order valence-electron chi connectivity index (χ4n) is 1.86. The monoisotopic (exact) mass is 375 g/mol. The van der Waals surface area contributed by atoms with Crippen molar-refractivity contribution in [3.63, 3.8) is 0 Å². The molecule has 26 heavy (non-hydrogen) atoms. The normalized spacial score (nSPS) is 11.7. The highest BCUT2D eigenvalue weighted by Gasteiger charge is 2.15. The topological polar surface area (TPSA) is 83.1 Å². The summed E-state index contributed by atoms with van der Waals surface area (Å²) in [6.07, 6.45) is 2.21. The number of amides is 1. The van der Waals surface area contributed by atoms with E-state index < -0.39 is 0 Å². The summed E-state index contributed by atoms with van der Waals surface area (Å²) in [5, 5.41) is 2.81. The lowest BCUT2D eigenvalue weighted by Gasteiger charge is -2.16. The molecule has 0 spiro atoms. The Balaban J connectivity index is 3.18. The zero-order valence-corrected chi connectivity index (χ0v) is 16.9. The van der Waals surface area contributed by atoms with Crippen molar-refractivity contribution in [2.75, 3.05) is 59.4 Å². The first-order chi connectivity index (χ1) is 12.4. The molecule has 0 aromatic carbocycles. The predicted molar refractivity (Wildman–Crippen MR) is 100 cm³/mol. The van der Waals surface area contributed by atoms with Crippen molar-refractivity contribution < 1.29 is 28.5 Å². The molecule has 1 amide bonds. The summed E-state index contributed by atoms with van der Waals surface area (Å²) in [5.74, 6) is 0.432. The van der Waals surface area contributed by atoms with E-state index in [0.29, 0.717) is 78.2 Å². The van der Waals surface area contributed by atoms with Gasteiger partial charge in [0.1, 0.15) is 6.29 Å². The van der Waals surface area contributed by atoms with E-state index in [0.717, 1.165) is 6.29 Å². The summed E-state index contributed by atoms with van der Waals surface area (Å²) in [4.78, 5) is 22.1. The summed E-state index contributed by atoms with van der Waals surface area (Å²) < 4.78 is 21.6. The van der Waals surface area contributed by atoms with Crippen LogP contribution in [0.2, 0.25) is 0 Å². The highest BCUT2D eigenvalue weighted by Crippen LogP contribution is 2.15. The van der Waals surface area contributed by atoms with E-state index >= 15 is 0 Å². The molecule has 0 heterocycles. The first kappa shape index (κ1) is 25.0. The molecule has 0 fully saturated rings. The van der Waals surface area contributed by atoms with Gasteiger partial charge in [-0.25, -0.2) is 0 Å². The van der Waals surface area contributed by atoms with Crippen LogP contribution < -0.4 is 5.32 Å². The molecule has 0 bridgehead atoms. The fourth-order valence-corrected chi connectivity index (χ4v) is 1.86. The van der Waals surface area contributed by atoms with E-state index in [2.05, 4.69) is 5.32 Å². The Morgan fingerprint density at radius 1 is 0.885 bits per heavy atom. The zero-order valence-electron chi connectivity index (χ0n) is 16.9. The van der Waals surface area contributed by atoms with E-state index in [1.807, 2.05) is 27.7 Å². The second-order valence-corrected chi connectivity index (χ2v) is 7.25. The smallest absolute Gasteiger partial charge is 0.220 e. The summed E-state index contributed by atoms with van der Waals surface area (Å²) >= 11 is 0. The minimum absolute atomic E-state index is 0.0634. The molecule has 0 saturated carbocycles. The number of ether oxygens (including phenoxy) is 4. The maximum Gasteiger partial charge on any atom is 0.220 e. The molecule has 0 unspecified atom stereocenters. The van der Waals surface area contributed by atoms with Gasteiger partial charge in [0.05, 0.1) is 46.2 Å². The first-order valence-electron chi connectivity index (χ1n) is 9.41. The highest BCUT2D eigenvalue weighted by atomic mass is 16.6. The minimum Gasteiger partial charge on any atom is -0.379 e. The van der Waals surface area contributed by atoms with Crippen molar-refractivity contribution in [2.45, 2.75) is 40.5 Å². The van der Waals surface area contributed by atoms with Crippen molar-refractivity contribution in [2.24, 2.45) is 11.3 Å².